The standard InChI is InChI=1S/C12H26S.C6H10S/c1-2-3-4-5-6-7-8-9-10-11-12-13;1-3-5-7-6-4-2/h13H,2-12H2,1H3;3-4H,1-2,5-6H2. The minimum atomic E-state index is 1.03. The largest absolute Gasteiger partial charge is 0.179 e. The number of unbranched alkanes of at least 4 members (excludes halogenated alkanes) is 9. The number of hydrogen-bond acceptors (Lipinski definition) is 2. The van der Waals surface area contributed by atoms with Gasteiger partial charge in [-0.25, -0.2) is 0 Å². The molecule has 0 N–H and O–H groups in total. The fourth-order valence-electron chi connectivity index (χ4n) is 1.83. The minimum absolute atomic E-state index is 1.03. The summed E-state index contributed by atoms with van der Waals surface area (Å²) in [7, 11) is 0. The van der Waals surface area contributed by atoms with Crippen LogP contribution in [0.1, 0.15) is 71.1 Å². The van der Waals surface area contributed by atoms with E-state index in [2.05, 4.69) is 32.7 Å². The van der Waals surface area contributed by atoms with Crippen LogP contribution in [0.3, 0.4) is 0 Å². The third kappa shape index (κ3) is 26.7. The predicted molar refractivity (Wildman–Crippen MR) is 103 cm³/mol. The summed E-state index contributed by atoms with van der Waals surface area (Å²) >= 11 is 6.02. The molecule has 0 saturated heterocycles. The van der Waals surface area contributed by atoms with Crippen molar-refractivity contribution >= 4 is 24.4 Å². The molecular weight excluding hydrogens is 280 g/mol. The Morgan fingerprint density at radius 2 is 1.15 bits per heavy atom. The topological polar surface area (TPSA) is 0 Å². The molecule has 2 heteroatoms. The Balaban J connectivity index is 0. The van der Waals surface area contributed by atoms with E-state index < -0.39 is 0 Å². The molecule has 0 bridgehead atoms. The molecule has 0 nitrogen and oxygen atoms in total. The van der Waals surface area contributed by atoms with Crippen LogP contribution in [0.2, 0.25) is 0 Å². The fraction of sp³-hybridized carbons (Fsp3) is 0.778. The maximum Gasteiger partial charge on any atom is 0.0113 e. The molecular formula is C18H36S2. The van der Waals surface area contributed by atoms with E-state index >= 15 is 0 Å². The average molecular weight is 317 g/mol. The van der Waals surface area contributed by atoms with E-state index in [9.17, 15) is 0 Å². The van der Waals surface area contributed by atoms with Crippen molar-refractivity contribution in [2.75, 3.05) is 17.3 Å². The fourth-order valence-corrected chi connectivity index (χ4v) is 2.53. The highest BCUT2D eigenvalue weighted by Gasteiger charge is 1.91. The van der Waals surface area contributed by atoms with Crippen molar-refractivity contribution in [1.82, 2.24) is 0 Å². The highest BCUT2D eigenvalue weighted by atomic mass is 32.2. The van der Waals surface area contributed by atoms with Gasteiger partial charge in [-0.1, -0.05) is 76.9 Å². The Hall–Kier alpha value is 0.180. The van der Waals surface area contributed by atoms with Crippen LogP contribution in [0, 0.1) is 0 Å². The molecule has 0 amide bonds. The van der Waals surface area contributed by atoms with Crippen molar-refractivity contribution in [2.24, 2.45) is 0 Å². The first-order chi connectivity index (χ1) is 9.83. The lowest BCUT2D eigenvalue weighted by Gasteiger charge is -2.00. The number of hydrogen-bond donors (Lipinski definition) is 1. The van der Waals surface area contributed by atoms with Crippen molar-refractivity contribution in [3.63, 3.8) is 0 Å². The molecule has 0 saturated carbocycles. The summed E-state index contributed by atoms with van der Waals surface area (Å²) < 4.78 is 0. The van der Waals surface area contributed by atoms with Gasteiger partial charge in [0.25, 0.3) is 0 Å². The highest BCUT2D eigenvalue weighted by molar-refractivity contribution is 7.99. The van der Waals surface area contributed by atoms with E-state index in [1.54, 1.807) is 0 Å². The predicted octanol–water partition coefficient (Wildman–Crippen LogP) is 6.93. The van der Waals surface area contributed by atoms with Gasteiger partial charge in [0.15, 0.2) is 0 Å². The van der Waals surface area contributed by atoms with Crippen LogP contribution in [-0.2, 0) is 0 Å². The molecule has 0 spiro atoms. The Bertz CT molecular complexity index is 160. The molecule has 0 fully saturated rings. The molecule has 0 aromatic heterocycles. The second kappa shape index (κ2) is 24.2. The highest BCUT2D eigenvalue weighted by Crippen LogP contribution is 2.10. The molecule has 0 heterocycles. The number of rotatable bonds is 14. The SMILES string of the molecule is C=CCSCC=C.CCCCCCCCCCCCS. The normalized spacial score (nSPS) is 9.70. The zero-order valence-electron chi connectivity index (χ0n) is 13.6. The smallest absolute Gasteiger partial charge is 0.0113 e. The lowest BCUT2D eigenvalue weighted by Crippen LogP contribution is -1.81. The second-order valence-electron chi connectivity index (χ2n) is 5.02. The Kier molecular flexibility index (Phi) is 27.2. The molecule has 0 aliphatic rings. The van der Waals surface area contributed by atoms with Gasteiger partial charge in [-0.05, 0) is 12.2 Å². The maximum atomic E-state index is 4.20. The van der Waals surface area contributed by atoms with Crippen molar-refractivity contribution in [1.29, 1.82) is 0 Å². The van der Waals surface area contributed by atoms with Crippen LogP contribution in [0.25, 0.3) is 0 Å². The van der Waals surface area contributed by atoms with Gasteiger partial charge in [-0.3, -0.25) is 0 Å². The molecule has 0 radical (unpaired) electrons. The van der Waals surface area contributed by atoms with Crippen molar-refractivity contribution in [3.8, 4) is 0 Å². The lowest BCUT2D eigenvalue weighted by molar-refractivity contribution is 0.563. The van der Waals surface area contributed by atoms with Gasteiger partial charge in [0.2, 0.25) is 0 Å². The summed E-state index contributed by atoms with van der Waals surface area (Å²) in [5.74, 6) is 3.13. The molecule has 20 heavy (non-hydrogen) atoms. The van der Waals surface area contributed by atoms with Crippen molar-refractivity contribution < 1.29 is 0 Å². The van der Waals surface area contributed by atoms with Gasteiger partial charge in [0, 0.05) is 11.5 Å². The van der Waals surface area contributed by atoms with Gasteiger partial charge < -0.3 is 0 Å². The van der Waals surface area contributed by atoms with E-state index in [-0.39, 0.29) is 0 Å². The zero-order valence-corrected chi connectivity index (χ0v) is 15.3. The van der Waals surface area contributed by atoms with Crippen LogP contribution < -0.4 is 0 Å². The van der Waals surface area contributed by atoms with Crippen molar-refractivity contribution in [3.05, 3.63) is 25.3 Å². The lowest BCUT2D eigenvalue weighted by atomic mass is 10.1. The summed E-state index contributed by atoms with van der Waals surface area (Å²) in [5.41, 5.74) is 0. The molecule has 0 aliphatic carbocycles. The molecule has 0 aliphatic heterocycles. The summed E-state index contributed by atoms with van der Waals surface area (Å²) in [5, 5.41) is 0. The van der Waals surface area contributed by atoms with E-state index in [0.29, 0.717) is 0 Å². The first-order valence-electron chi connectivity index (χ1n) is 8.23. The first-order valence-corrected chi connectivity index (χ1v) is 10.0. The van der Waals surface area contributed by atoms with Gasteiger partial charge >= 0.3 is 0 Å². The van der Waals surface area contributed by atoms with E-state index in [0.717, 1.165) is 17.3 Å². The minimum Gasteiger partial charge on any atom is -0.179 e. The summed E-state index contributed by atoms with van der Waals surface area (Å²) in [6, 6.07) is 0. The molecule has 0 unspecified atom stereocenters. The van der Waals surface area contributed by atoms with Gasteiger partial charge in [-0.15, -0.1) is 13.2 Å². The maximum absolute atomic E-state index is 4.20. The van der Waals surface area contributed by atoms with E-state index in [1.165, 1.54) is 64.2 Å². The van der Waals surface area contributed by atoms with E-state index in [1.807, 2.05) is 23.9 Å². The molecule has 0 aromatic rings. The van der Waals surface area contributed by atoms with Crippen LogP contribution in [0.15, 0.2) is 25.3 Å². The Morgan fingerprint density at radius 3 is 1.50 bits per heavy atom. The zero-order chi connectivity index (χ0) is 15.3. The Morgan fingerprint density at radius 1 is 0.750 bits per heavy atom. The first kappa shape index (κ1) is 22.5. The van der Waals surface area contributed by atoms with Crippen LogP contribution in [0.5, 0.6) is 0 Å². The summed E-state index contributed by atoms with van der Waals surface area (Å²) in [4.78, 5) is 0. The third-order valence-electron chi connectivity index (χ3n) is 2.98. The molecule has 0 aromatic carbocycles. The van der Waals surface area contributed by atoms with Gasteiger partial charge in [-0.2, -0.15) is 24.4 Å². The summed E-state index contributed by atoms with van der Waals surface area (Å²) in [6.45, 7) is 9.43. The number of thiol groups is 1. The average Bonchev–Trinajstić information content (AvgIpc) is 2.47. The van der Waals surface area contributed by atoms with Crippen LogP contribution in [0.4, 0.5) is 0 Å². The van der Waals surface area contributed by atoms with Crippen molar-refractivity contribution in [2.45, 2.75) is 71.1 Å². The molecule has 0 rings (SSSR count). The quantitative estimate of drug-likeness (QED) is 0.206. The molecule has 0 atom stereocenters. The van der Waals surface area contributed by atoms with Gasteiger partial charge in [0.1, 0.15) is 0 Å². The van der Waals surface area contributed by atoms with Gasteiger partial charge in [0.05, 0.1) is 0 Å². The third-order valence-corrected chi connectivity index (χ3v) is 4.24. The monoisotopic (exact) mass is 316 g/mol. The second-order valence-corrected chi connectivity index (χ2v) is 6.54. The Labute approximate surface area is 138 Å². The van der Waals surface area contributed by atoms with Crippen LogP contribution in [-0.4, -0.2) is 17.3 Å². The van der Waals surface area contributed by atoms with E-state index in [4.69, 9.17) is 0 Å². The molecule has 120 valence electrons. The van der Waals surface area contributed by atoms with Crippen LogP contribution >= 0.6 is 24.4 Å². The summed E-state index contributed by atoms with van der Waals surface area (Å²) in [6.07, 6.45) is 18.0. The number of thioether (sulfide) groups is 1.